The van der Waals surface area contributed by atoms with Crippen molar-refractivity contribution in [3.05, 3.63) is 29.8 Å². The van der Waals surface area contributed by atoms with Gasteiger partial charge >= 0.3 is 0 Å². The Hall–Kier alpha value is -1.06. The van der Waals surface area contributed by atoms with Gasteiger partial charge in [-0.15, -0.1) is 0 Å². The van der Waals surface area contributed by atoms with E-state index < -0.39 is 0 Å². The molecule has 0 aromatic heterocycles. The highest BCUT2D eigenvalue weighted by atomic mass is 15.3. The van der Waals surface area contributed by atoms with Crippen LogP contribution in [0.15, 0.2) is 24.3 Å². The maximum Gasteiger partial charge on any atom is 0.0361 e. The second-order valence-electron chi connectivity index (χ2n) is 5.97. The lowest BCUT2D eigenvalue weighted by atomic mass is 10.1. The summed E-state index contributed by atoms with van der Waals surface area (Å²) in [5, 5.41) is 0. The van der Waals surface area contributed by atoms with Crippen LogP contribution in [0.5, 0.6) is 0 Å². The van der Waals surface area contributed by atoms with E-state index in [0.717, 1.165) is 6.54 Å². The first kappa shape index (κ1) is 14.4. The zero-order valence-corrected chi connectivity index (χ0v) is 12.8. The molecule has 0 aliphatic carbocycles. The predicted molar refractivity (Wildman–Crippen MR) is 82.8 cm³/mol. The zero-order valence-electron chi connectivity index (χ0n) is 12.8. The predicted octanol–water partition coefficient (Wildman–Crippen LogP) is 2.28. The van der Waals surface area contributed by atoms with Gasteiger partial charge in [0.1, 0.15) is 0 Å². The van der Waals surface area contributed by atoms with Gasteiger partial charge in [-0.1, -0.05) is 12.1 Å². The second-order valence-corrected chi connectivity index (χ2v) is 5.97. The monoisotopic (exact) mass is 261 g/mol. The number of anilines is 1. The van der Waals surface area contributed by atoms with Gasteiger partial charge in [-0.25, -0.2) is 0 Å². The first-order valence-corrected chi connectivity index (χ1v) is 7.29. The van der Waals surface area contributed by atoms with E-state index in [2.05, 4.69) is 66.9 Å². The van der Waals surface area contributed by atoms with Crippen molar-refractivity contribution >= 4 is 5.69 Å². The summed E-state index contributed by atoms with van der Waals surface area (Å²) in [6.07, 6.45) is 0. The molecule has 0 amide bonds. The Morgan fingerprint density at radius 1 is 1.00 bits per heavy atom. The van der Waals surface area contributed by atoms with Crippen LogP contribution >= 0.6 is 0 Å². The Balaban J connectivity index is 1.85. The molecule has 0 saturated carbocycles. The van der Waals surface area contributed by atoms with Gasteiger partial charge in [0.05, 0.1) is 0 Å². The van der Waals surface area contributed by atoms with Crippen LogP contribution in [0.2, 0.25) is 0 Å². The van der Waals surface area contributed by atoms with Gasteiger partial charge in [-0.2, -0.15) is 0 Å². The van der Waals surface area contributed by atoms with E-state index in [1.54, 1.807) is 0 Å². The van der Waals surface area contributed by atoms with Crippen molar-refractivity contribution < 1.29 is 0 Å². The van der Waals surface area contributed by atoms with Gasteiger partial charge in [0.2, 0.25) is 0 Å². The Morgan fingerprint density at radius 3 is 2.05 bits per heavy atom. The molecule has 0 N–H and O–H groups in total. The molecule has 19 heavy (non-hydrogen) atoms. The van der Waals surface area contributed by atoms with E-state index >= 15 is 0 Å². The van der Waals surface area contributed by atoms with Crippen molar-refractivity contribution in [1.29, 1.82) is 0 Å². The molecular formula is C16H27N3. The van der Waals surface area contributed by atoms with Crippen molar-refractivity contribution in [1.82, 2.24) is 9.80 Å². The fraction of sp³-hybridized carbons (Fsp3) is 0.625. The van der Waals surface area contributed by atoms with Gasteiger partial charge < -0.3 is 4.90 Å². The summed E-state index contributed by atoms with van der Waals surface area (Å²) in [7, 11) is 4.17. The Bertz CT molecular complexity index is 375. The van der Waals surface area contributed by atoms with Crippen LogP contribution < -0.4 is 4.90 Å². The molecule has 106 valence electrons. The van der Waals surface area contributed by atoms with Gasteiger partial charge in [0, 0.05) is 58.5 Å². The lowest BCUT2D eigenvalue weighted by Gasteiger charge is -2.37. The molecule has 1 aliphatic rings. The minimum atomic E-state index is 0.682. The van der Waals surface area contributed by atoms with E-state index in [-0.39, 0.29) is 0 Å². The molecule has 1 saturated heterocycles. The number of hydrogen-bond donors (Lipinski definition) is 0. The maximum atomic E-state index is 2.56. The average Bonchev–Trinajstić information content (AvgIpc) is 2.40. The average molecular weight is 261 g/mol. The Labute approximate surface area is 117 Å². The first-order chi connectivity index (χ1) is 9.06. The van der Waals surface area contributed by atoms with E-state index in [0.29, 0.717) is 6.04 Å². The smallest absolute Gasteiger partial charge is 0.0361 e. The summed E-state index contributed by atoms with van der Waals surface area (Å²) < 4.78 is 0. The van der Waals surface area contributed by atoms with Crippen molar-refractivity contribution in [2.24, 2.45) is 0 Å². The van der Waals surface area contributed by atoms with Crippen LogP contribution in [0.1, 0.15) is 19.4 Å². The van der Waals surface area contributed by atoms with Crippen LogP contribution in [0.25, 0.3) is 0 Å². The quantitative estimate of drug-likeness (QED) is 0.823. The van der Waals surface area contributed by atoms with E-state index in [9.17, 15) is 0 Å². The molecule has 3 nitrogen and oxygen atoms in total. The minimum Gasteiger partial charge on any atom is -0.378 e. The SMILES string of the molecule is CC(C)N1CCN(Cc2ccc(N(C)C)cc2)CC1. The summed E-state index contributed by atoms with van der Waals surface area (Å²) in [4.78, 5) is 7.26. The van der Waals surface area contributed by atoms with E-state index in [4.69, 9.17) is 0 Å². The molecule has 0 unspecified atom stereocenters. The standard InChI is InChI=1S/C16H27N3/c1-14(2)19-11-9-18(10-12-19)13-15-5-7-16(8-6-15)17(3)4/h5-8,14H,9-13H2,1-4H3. The highest BCUT2D eigenvalue weighted by Gasteiger charge is 2.18. The third-order valence-corrected chi connectivity index (χ3v) is 4.00. The van der Waals surface area contributed by atoms with Crippen molar-refractivity contribution in [2.45, 2.75) is 26.4 Å². The molecule has 1 heterocycles. The van der Waals surface area contributed by atoms with Gasteiger partial charge in [-0.05, 0) is 31.5 Å². The number of rotatable bonds is 4. The molecule has 2 rings (SSSR count). The summed E-state index contributed by atoms with van der Waals surface area (Å²) >= 11 is 0. The Morgan fingerprint density at radius 2 is 1.58 bits per heavy atom. The third kappa shape index (κ3) is 3.95. The largest absolute Gasteiger partial charge is 0.378 e. The fourth-order valence-electron chi connectivity index (χ4n) is 2.60. The lowest BCUT2D eigenvalue weighted by Crippen LogP contribution is -2.48. The lowest BCUT2D eigenvalue weighted by molar-refractivity contribution is 0.104. The van der Waals surface area contributed by atoms with Crippen molar-refractivity contribution in [2.75, 3.05) is 45.2 Å². The number of piperazine rings is 1. The van der Waals surface area contributed by atoms with Gasteiger partial charge in [0.15, 0.2) is 0 Å². The van der Waals surface area contributed by atoms with Crippen LogP contribution in [-0.4, -0.2) is 56.1 Å². The molecule has 0 radical (unpaired) electrons. The summed E-state index contributed by atoms with van der Waals surface area (Å²) in [6.45, 7) is 10.4. The molecule has 1 aromatic rings. The highest BCUT2D eigenvalue weighted by Crippen LogP contribution is 2.15. The zero-order chi connectivity index (χ0) is 13.8. The minimum absolute atomic E-state index is 0.682. The van der Waals surface area contributed by atoms with E-state index in [1.165, 1.54) is 37.4 Å². The molecule has 1 aromatic carbocycles. The summed E-state index contributed by atoms with van der Waals surface area (Å²) in [6, 6.07) is 9.61. The molecule has 0 atom stereocenters. The second kappa shape index (κ2) is 6.40. The van der Waals surface area contributed by atoms with Crippen molar-refractivity contribution in [3.63, 3.8) is 0 Å². The molecule has 1 fully saturated rings. The highest BCUT2D eigenvalue weighted by molar-refractivity contribution is 5.45. The van der Waals surface area contributed by atoms with Crippen LogP contribution in [0.3, 0.4) is 0 Å². The topological polar surface area (TPSA) is 9.72 Å². The summed E-state index contributed by atoms with van der Waals surface area (Å²) in [5.41, 5.74) is 2.69. The summed E-state index contributed by atoms with van der Waals surface area (Å²) in [5.74, 6) is 0. The van der Waals surface area contributed by atoms with E-state index in [1.807, 2.05) is 0 Å². The van der Waals surface area contributed by atoms with Crippen molar-refractivity contribution in [3.8, 4) is 0 Å². The number of benzene rings is 1. The number of nitrogens with zero attached hydrogens (tertiary/aromatic N) is 3. The molecule has 0 spiro atoms. The van der Waals surface area contributed by atoms with Crippen LogP contribution in [-0.2, 0) is 6.54 Å². The molecular weight excluding hydrogens is 234 g/mol. The van der Waals surface area contributed by atoms with Gasteiger partial charge in [-0.3, -0.25) is 9.80 Å². The molecule has 1 aliphatic heterocycles. The van der Waals surface area contributed by atoms with Crippen LogP contribution in [0, 0.1) is 0 Å². The fourth-order valence-corrected chi connectivity index (χ4v) is 2.60. The molecule has 3 heteroatoms. The molecule has 0 bridgehead atoms. The Kier molecular flexibility index (Phi) is 4.83. The first-order valence-electron chi connectivity index (χ1n) is 7.29. The van der Waals surface area contributed by atoms with Crippen LogP contribution in [0.4, 0.5) is 5.69 Å². The maximum absolute atomic E-state index is 2.56. The third-order valence-electron chi connectivity index (χ3n) is 4.00. The normalized spacial score (nSPS) is 17.9. The van der Waals surface area contributed by atoms with Gasteiger partial charge in [0.25, 0.3) is 0 Å². The number of hydrogen-bond acceptors (Lipinski definition) is 3.